The molecule has 5 nitrogen and oxygen atoms in total. The fourth-order valence-corrected chi connectivity index (χ4v) is 2.66. The predicted octanol–water partition coefficient (Wildman–Crippen LogP) is 4.53. The van der Waals surface area contributed by atoms with E-state index in [1.807, 2.05) is 13.0 Å². The Hall–Kier alpha value is -3.41. The molecule has 3 aromatic rings. The van der Waals surface area contributed by atoms with Crippen molar-refractivity contribution in [2.24, 2.45) is 0 Å². The smallest absolute Gasteiger partial charge is 0.257 e. The molecule has 0 bridgehead atoms. The van der Waals surface area contributed by atoms with Gasteiger partial charge in [-0.15, -0.1) is 0 Å². The lowest BCUT2D eigenvalue weighted by Gasteiger charge is -2.09. The summed E-state index contributed by atoms with van der Waals surface area (Å²) in [6, 6.07) is 17.3. The van der Waals surface area contributed by atoms with E-state index < -0.39 is 0 Å². The SMILES string of the molecule is CCOc1ccc(NC(=O)c2ccc(NCCc3ccccc3F)nc2)cc1. The van der Waals surface area contributed by atoms with E-state index in [0.29, 0.717) is 42.2 Å². The molecule has 0 unspecified atom stereocenters. The average Bonchev–Trinajstić information content (AvgIpc) is 2.71. The third-order valence-electron chi connectivity index (χ3n) is 4.11. The molecule has 0 aliphatic carbocycles. The molecule has 2 aromatic carbocycles. The predicted molar refractivity (Wildman–Crippen MR) is 108 cm³/mol. The van der Waals surface area contributed by atoms with Crippen LogP contribution in [0.25, 0.3) is 0 Å². The molecule has 144 valence electrons. The Bertz CT molecular complexity index is 912. The summed E-state index contributed by atoms with van der Waals surface area (Å²) in [4.78, 5) is 16.6. The molecule has 0 aliphatic heterocycles. The van der Waals surface area contributed by atoms with Crippen molar-refractivity contribution < 1.29 is 13.9 Å². The number of halogens is 1. The Kier molecular flexibility index (Phi) is 6.57. The minimum Gasteiger partial charge on any atom is -0.494 e. The normalized spacial score (nSPS) is 10.4. The molecule has 3 rings (SSSR count). The van der Waals surface area contributed by atoms with E-state index in [0.717, 1.165) is 5.75 Å². The van der Waals surface area contributed by atoms with E-state index in [1.165, 1.54) is 12.3 Å². The van der Waals surface area contributed by atoms with Crippen LogP contribution < -0.4 is 15.4 Å². The highest BCUT2D eigenvalue weighted by molar-refractivity contribution is 6.04. The molecule has 1 amide bonds. The molecule has 28 heavy (non-hydrogen) atoms. The number of rotatable bonds is 8. The fourth-order valence-electron chi connectivity index (χ4n) is 2.66. The number of hydrogen-bond acceptors (Lipinski definition) is 4. The number of anilines is 2. The highest BCUT2D eigenvalue weighted by Gasteiger charge is 2.07. The summed E-state index contributed by atoms with van der Waals surface area (Å²) in [5.74, 6) is 0.940. The van der Waals surface area contributed by atoms with Crippen LogP contribution >= 0.6 is 0 Å². The fraction of sp³-hybridized carbons (Fsp3) is 0.182. The zero-order chi connectivity index (χ0) is 19.8. The second-order valence-electron chi connectivity index (χ2n) is 6.11. The topological polar surface area (TPSA) is 63.2 Å². The Morgan fingerprint density at radius 3 is 2.54 bits per heavy atom. The van der Waals surface area contributed by atoms with Crippen molar-refractivity contribution in [2.75, 3.05) is 23.8 Å². The van der Waals surface area contributed by atoms with Gasteiger partial charge in [-0.25, -0.2) is 9.37 Å². The molecule has 6 heteroatoms. The quantitative estimate of drug-likeness (QED) is 0.604. The molecule has 0 atom stereocenters. The number of carbonyl (C=O) groups excluding carboxylic acids is 1. The van der Waals surface area contributed by atoms with Crippen molar-refractivity contribution in [2.45, 2.75) is 13.3 Å². The second-order valence-corrected chi connectivity index (χ2v) is 6.11. The first-order chi connectivity index (χ1) is 13.7. The van der Waals surface area contributed by atoms with Crippen LogP contribution in [0.4, 0.5) is 15.9 Å². The minimum atomic E-state index is -0.241. The minimum absolute atomic E-state index is 0.210. The zero-order valence-electron chi connectivity index (χ0n) is 15.6. The number of carbonyl (C=O) groups is 1. The van der Waals surface area contributed by atoms with Gasteiger partial charge in [0, 0.05) is 18.4 Å². The number of benzene rings is 2. The molecule has 0 fully saturated rings. The van der Waals surface area contributed by atoms with Crippen LogP contribution in [-0.2, 0) is 6.42 Å². The van der Waals surface area contributed by atoms with Crippen molar-refractivity contribution in [1.82, 2.24) is 4.98 Å². The Balaban J connectivity index is 1.51. The number of nitrogens with one attached hydrogen (secondary N) is 2. The van der Waals surface area contributed by atoms with Crippen LogP contribution in [0.1, 0.15) is 22.8 Å². The molecular weight excluding hydrogens is 357 g/mol. The third kappa shape index (κ3) is 5.30. The molecule has 2 N–H and O–H groups in total. The van der Waals surface area contributed by atoms with Crippen molar-refractivity contribution in [3.8, 4) is 5.75 Å². The van der Waals surface area contributed by atoms with Crippen molar-refractivity contribution >= 4 is 17.4 Å². The van der Waals surface area contributed by atoms with Crippen LogP contribution in [0.2, 0.25) is 0 Å². The van der Waals surface area contributed by atoms with Gasteiger partial charge >= 0.3 is 0 Å². The number of nitrogens with zero attached hydrogens (tertiary/aromatic N) is 1. The van der Waals surface area contributed by atoms with Crippen molar-refractivity contribution in [3.63, 3.8) is 0 Å². The summed E-state index contributed by atoms with van der Waals surface area (Å²) in [5, 5.41) is 5.95. The molecule has 1 aromatic heterocycles. The van der Waals surface area contributed by atoms with E-state index in [-0.39, 0.29) is 11.7 Å². The molecule has 0 spiro atoms. The van der Waals surface area contributed by atoms with Gasteiger partial charge in [-0.2, -0.15) is 0 Å². The summed E-state index contributed by atoms with van der Waals surface area (Å²) in [6.07, 6.45) is 2.06. The van der Waals surface area contributed by atoms with Gasteiger partial charge < -0.3 is 15.4 Å². The first-order valence-electron chi connectivity index (χ1n) is 9.13. The molecule has 0 saturated heterocycles. The number of amides is 1. The first-order valence-corrected chi connectivity index (χ1v) is 9.13. The van der Waals surface area contributed by atoms with E-state index >= 15 is 0 Å². The average molecular weight is 379 g/mol. The molecule has 0 radical (unpaired) electrons. The number of ether oxygens (including phenoxy) is 1. The molecule has 1 heterocycles. The highest BCUT2D eigenvalue weighted by atomic mass is 19.1. The summed E-state index contributed by atoms with van der Waals surface area (Å²) >= 11 is 0. The van der Waals surface area contributed by atoms with Gasteiger partial charge in [-0.3, -0.25) is 4.79 Å². The number of aromatic nitrogens is 1. The zero-order valence-corrected chi connectivity index (χ0v) is 15.6. The Morgan fingerprint density at radius 1 is 1.07 bits per heavy atom. The molecular formula is C22H22FN3O2. The third-order valence-corrected chi connectivity index (χ3v) is 4.11. The molecule has 0 saturated carbocycles. The van der Waals surface area contributed by atoms with E-state index in [4.69, 9.17) is 4.74 Å². The summed E-state index contributed by atoms with van der Waals surface area (Å²) in [7, 11) is 0. The highest BCUT2D eigenvalue weighted by Crippen LogP contribution is 2.17. The van der Waals surface area contributed by atoms with Crippen LogP contribution in [0.3, 0.4) is 0 Å². The van der Waals surface area contributed by atoms with Gasteiger partial charge in [0.05, 0.1) is 12.2 Å². The van der Waals surface area contributed by atoms with Crippen molar-refractivity contribution in [3.05, 3.63) is 83.8 Å². The number of pyridine rings is 1. The standard InChI is InChI=1S/C22H22FN3O2/c1-2-28-19-10-8-18(9-11-19)26-22(27)17-7-12-21(25-15-17)24-14-13-16-5-3-4-6-20(16)23/h3-12,15H,2,13-14H2,1H3,(H,24,25)(H,26,27). The molecule has 0 aliphatic rings. The van der Waals surface area contributed by atoms with Gasteiger partial charge in [-0.05, 0) is 61.4 Å². The van der Waals surface area contributed by atoms with Crippen molar-refractivity contribution in [1.29, 1.82) is 0 Å². The lowest BCUT2D eigenvalue weighted by atomic mass is 10.1. The van der Waals surface area contributed by atoms with Gasteiger partial charge in [0.2, 0.25) is 0 Å². The van der Waals surface area contributed by atoms with E-state index in [2.05, 4.69) is 15.6 Å². The van der Waals surface area contributed by atoms with Gasteiger partial charge in [-0.1, -0.05) is 18.2 Å². The summed E-state index contributed by atoms with van der Waals surface area (Å²) < 4.78 is 19.0. The Morgan fingerprint density at radius 2 is 1.86 bits per heavy atom. The van der Waals surface area contributed by atoms with Gasteiger partial charge in [0.25, 0.3) is 5.91 Å². The summed E-state index contributed by atoms with van der Waals surface area (Å²) in [6.45, 7) is 3.06. The van der Waals surface area contributed by atoms with Gasteiger partial charge in [0.15, 0.2) is 0 Å². The first kappa shape index (κ1) is 19.4. The maximum atomic E-state index is 13.6. The van der Waals surface area contributed by atoms with Crippen LogP contribution in [0, 0.1) is 5.82 Å². The summed E-state index contributed by atoms with van der Waals surface area (Å²) in [5.41, 5.74) is 1.79. The second kappa shape index (κ2) is 9.50. The number of hydrogen-bond donors (Lipinski definition) is 2. The van der Waals surface area contributed by atoms with E-state index in [9.17, 15) is 9.18 Å². The van der Waals surface area contributed by atoms with Crippen LogP contribution in [0.15, 0.2) is 66.9 Å². The Labute approximate surface area is 163 Å². The largest absolute Gasteiger partial charge is 0.494 e. The monoisotopic (exact) mass is 379 g/mol. The maximum Gasteiger partial charge on any atom is 0.257 e. The van der Waals surface area contributed by atoms with E-state index in [1.54, 1.807) is 48.5 Å². The van der Waals surface area contributed by atoms with Gasteiger partial charge in [0.1, 0.15) is 17.4 Å². The lowest BCUT2D eigenvalue weighted by molar-refractivity contribution is 0.102. The maximum absolute atomic E-state index is 13.6. The van der Waals surface area contributed by atoms with Crippen LogP contribution in [0.5, 0.6) is 5.75 Å². The lowest BCUT2D eigenvalue weighted by Crippen LogP contribution is -2.13. The van der Waals surface area contributed by atoms with Crippen LogP contribution in [-0.4, -0.2) is 24.0 Å².